The number of tetrazole rings is 1. The van der Waals surface area contributed by atoms with Gasteiger partial charge in [-0.25, -0.2) is 4.68 Å². The fourth-order valence-electron chi connectivity index (χ4n) is 2.17. The van der Waals surface area contributed by atoms with Crippen molar-refractivity contribution in [1.82, 2.24) is 20.2 Å². The number of nitrogens with two attached hydrogens (primary N) is 1. The molecule has 0 saturated heterocycles. The number of ether oxygens (including phenoxy) is 2. The standard InChI is InChI=1S/C14H21N5O2/c1-9(2)12(8-20-3)19-14(16-17-18-19)10-5-6-11(15)13(7-10)21-4/h5-7,9,12H,8,15H2,1-4H3. The van der Waals surface area contributed by atoms with E-state index >= 15 is 0 Å². The molecule has 21 heavy (non-hydrogen) atoms. The van der Waals surface area contributed by atoms with Crippen molar-refractivity contribution in [3.05, 3.63) is 18.2 Å². The van der Waals surface area contributed by atoms with Gasteiger partial charge in [-0.05, 0) is 34.5 Å². The van der Waals surface area contributed by atoms with E-state index < -0.39 is 0 Å². The molecule has 1 atom stereocenters. The van der Waals surface area contributed by atoms with Crippen LogP contribution in [-0.2, 0) is 4.74 Å². The Balaban J connectivity index is 2.44. The highest BCUT2D eigenvalue weighted by molar-refractivity contribution is 5.65. The SMILES string of the molecule is COCC(C(C)C)n1nnnc1-c1ccc(N)c(OC)c1. The van der Waals surface area contributed by atoms with Gasteiger partial charge in [-0.15, -0.1) is 5.10 Å². The predicted molar refractivity (Wildman–Crippen MR) is 80.0 cm³/mol. The largest absolute Gasteiger partial charge is 0.495 e. The highest BCUT2D eigenvalue weighted by Crippen LogP contribution is 2.29. The third-order valence-electron chi connectivity index (χ3n) is 3.41. The monoisotopic (exact) mass is 291 g/mol. The molecule has 7 nitrogen and oxygen atoms in total. The summed E-state index contributed by atoms with van der Waals surface area (Å²) in [5, 5.41) is 12.0. The molecule has 1 unspecified atom stereocenters. The predicted octanol–water partition coefficient (Wildman–Crippen LogP) is 1.77. The van der Waals surface area contributed by atoms with Crippen molar-refractivity contribution in [2.75, 3.05) is 26.6 Å². The van der Waals surface area contributed by atoms with E-state index in [0.29, 0.717) is 29.8 Å². The van der Waals surface area contributed by atoms with Gasteiger partial charge in [-0.3, -0.25) is 0 Å². The maximum atomic E-state index is 5.84. The summed E-state index contributed by atoms with van der Waals surface area (Å²) < 4.78 is 12.3. The first-order valence-electron chi connectivity index (χ1n) is 6.79. The molecule has 0 saturated carbocycles. The zero-order valence-electron chi connectivity index (χ0n) is 12.8. The van der Waals surface area contributed by atoms with Gasteiger partial charge < -0.3 is 15.2 Å². The minimum atomic E-state index is 0.0588. The Morgan fingerprint density at radius 1 is 1.29 bits per heavy atom. The van der Waals surface area contributed by atoms with Crippen LogP contribution in [0.4, 0.5) is 5.69 Å². The molecule has 0 aliphatic heterocycles. The number of hydrogen-bond acceptors (Lipinski definition) is 6. The van der Waals surface area contributed by atoms with Crippen molar-refractivity contribution in [1.29, 1.82) is 0 Å². The molecule has 1 aromatic heterocycles. The lowest BCUT2D eigenvalue weighted by Gasteiger charge is -2.21. The summed E-state index contributed by atoms with van der Waals surface area (Å²) >= 11 is 0. The molecule has 0 aliphatic carbocycles. The maximum Gasteiger partial charge on any atom is 0.182 e. The van der Waals surface area contributed by atoms with E-state index in [1.54, 1.807) is 25.0 Å². The molecule has 1 aromatic carbocycles. The number of hydrogen-bond donors (Lipinski definition) is 1. The van der Waals surface area contributed by atoms with Crippen LogP contribution in [0.3, 0.4) is 0 Å². The van der Waals surface area contributed by atoms with Crippen LogP contribution in [-0.4, -0.2) is 41.0 Å². The number of anilines is 1. The zero-order chi connectivity index (χ0) is 15.4. The van der Waals surface area contributed by atoms with Gasteiger partial charge in [0.25, 0.3) is 0 Å². The van der Waals surface area contributed by atoms with Crippen LogP contribution < -0.4 is 10.5 Å². The molecule has 0 fully saturated rings. The molecule has 0 aliphatic rings. The van der Waals surface area contributed by atoms with Crippen LogP contribution in [0.1, 0.15) is 19.9 Å². The van der Waals surface area contributed by atoms with Crippen LogP contribution >= 0.6 is 0 Å². The minimum Gasteiger partial charge on any atom is -0.495 e. The maximum absolute atomic E-state index is 5.84. The van der Waals surface area contributed by atoms with Crippen LogP contribution in [0.15, 0.2) is 18.2 Å². The molecule has 0 bridgehead atoms. The molecule has 1 heterocycles. The average Bonchev–Trinajstić information content (AvgIpc) is 2.94. The molecule has 2 N–H and O–H groups in total. The molecular formula is C14H21N5O2. The lowest BCUT2D eigenvalue weighted by molar-refractivity contribution is 0.126. The normalized spacial score (nSPS) is 12.6. The Hall–Kier alpha value is -2.15. The topological polar surface area (TPSA) is 88.1 Å². The molecule has 7 heteroatoms. The van der Waals surface area contributed by atoms with Crippen molar-refractivity contribution >= 4 is 5.69 Å². The molecule has 0 amide bonds. The van der Waals surface area contributed by atoms with Gasteiger partial charge >= 0.3 is 0 Å². The van der Waals surface area contributed by atoms with Gasteiger partial charge in [0.15, 0.2) is 5.82 Å². The van der Waals surface area contributed by atoms with Crippen molar-refractivity contribution < 1.29 is 9.47 Å². The lowest BCUT2D eigenvalue weighted by atomic mass is 10.0. The van der Waals surface area contributed by atoms with Gasteiger partial charge in [0.1, 0.15) is 5.75 Å². The number of nitrogen functional groups attached to an aromatic ring is 1. The summed E-state index contributed by atoms with van der Waals surface area (Å²) in [5.41, 5.74) is 7.28. The molecule has 2 aromatic rings. The summed E-state index contributed by atoms with van der Waals surface area (Å²) in [4.78, 5) is 0. The lowest BCUT2D eigenvalue weighted by Crippen LogP contribution is -2.22. The third kappa shape index (κ3) is 3.13. The number of benzene rings is 1. The fourth-order valence-corrected chi connectivity index (χ4v) is 2.17. The van der Waals surface area contributed by atoms with Gasteiger partial charge in [-0.2, -0.15) is 0 Å². The van der Waals surface area contributed by atoms with Crippen molar-refractivity contribution in [3.8, 4) is 17.1 Å². The quantitative estimate of drug-likeness (QED) is 0.816. The van der Waals surface area contributed by atoms with Crippen LogP contribution in [0.2, 0.25) is 0 Å². The highest BCUT2D eigenvalue weighted by Gasteiger charge is 2.22. The molecule has 2 rings (SSSR count). The summed E-state index contributed by atoms with van der Waals surface area (Å²) in [7, 11) is 3.26. The van der Waals surface area contributed by atoms with Crippen molar-refractivity contribution in [3.63, 3.8) is 0 Å². The third-order valence-corrected chi connectivity index (χ3v) is 3.41. The van der Waals surface area contributed by atoms with E-state index in [9.17, 15) is 0 Å². The van der Waals surface area contributed by atoms with Crippen molar-refractivity contribution in [2.45, 2.75) is 19.9 Å². The highest BCUT2D eigenvalue weighted by atomic mass is 16.5. The van der Waals surface area contributed by atoms with E-state index in [1.165, 1.54) is 0 Å². The average molecular weight is 291 g/mol. The summed E-state index contributed by atoms with van der Waals surface area (Å²) in [5.74, 6) is 1.61. The fraction of sp³-hybridized carbons (Fsp3) is 0.500. The smallest absolute Gasteiger partial charge is 0.182 e. The Kier molecular flexibility index (Phi) is 4.74. The summed E-state index contributed by atoms with van der Waals surface area (Å²) in [6.45, 7) is 4.76. The van der Waals surface area contributed by atoms with Gasteiger partial charge in [-0.1, -0.05) is 13.8 Å². The molecular weight excluding hydrogens is 270 g/mol. The molecule has 0 radical (unpaired) electrons. The summed E-state index contributed by atoms with van der Waals surface area (Å²) in [6, 6.07) is 5.56. The Labute approximate surface area is 124 Å². The number of methoxy groups -OCH3 is 2. The zero-order valence-corrected chi connectivity index (χ0v) is 12.8. The Morgan fingerprint density at radius 3 is 2.67 bits per heavy atom. The Morgan fingerprint density at radius 2 is 2.05 bits per heavy atom. The second-order valence-corrected chi connectivity index (χ2v) is 5.17. The van der Waals surface area contributed by atoms with E-state index in [-0.39, 0.29) is 6.04 Å². The van der Waals surface area contributed by atoms with E-state index in [2.05, 4.69) is 29.4 Å². The number of aromatic nitrogens is 4. The van der Waals surface area contributed by atoms with Crippen LogP contribution in [0.5, 0.6) is 5.75 Å². The summed E-state index contributed by atoms with van der Waals surface area (Å²) in [6.07, 6.45) is 0. The second kappa shape index (κ2) is 6.53. The number of nitrogens with zero attached hydrogens (tertiary/aromatic N) is 4. The number of rotatable bonds is 6. The van der Waals surface area contributed by atoms with Gasteiger partial charge in [0.2, 0.25) is 0 Å². The van der Waals surface area contributed by atoms with Crippen LogP contribution in [0, 0.1) is 5.92 Å². The molecule has 114 valence electrons. The second-order valence-electron chi connectivity index (χ2n) is 5.17. The van der Waals surface area contributed by atoms with Gasteiger partial charge in [0, 0.05) is 12.7 Å². The van der Waals surface area contributed by atoms with Crippen LogP contribution in [0.25, 0.3) is 11.4 Å². The minimum absolute atomic E-state index is 0.0588. The molecule has 0 spiro atoms. The first kappa shape index (κ1) is 15.2. The van der Waals surface area contributed by atoms with Crippen molar-refractivity contribution in [2.24, 2.45) is 5.92 Å². The first-order chi connectivity index (χ1) is 10.1. The first-order valence-corrected chi connectivity index (χ1v) is 6.79. The van der Waals surface area contributed by atoms with E-state index in [4.69, 9.17) is 15.2 Å². The van der Waals surface area contributed by atoms with E-state index in [0.717, 1.165) is 5.56 Å². The van der Waals surface area contributed by atoms with E-state index in [1.807, 2.05) is 12.1 Å². The Bertz CT molecular complexity index is 597. The van der Waals surface area contributed by atoms with Gasteiger partial charge in [0.05, 0.1) is 25.4 Å².